The average molecular weight is 517 g/mol. The third kappa shape index (κ3) is 4.51. The van der Waals surface area contributed by atoms with Crippen molar-refractivity contribution in [2.24, 2.45) is 17.3 Å². The Bertz CT molecular complexity index is 1070. The lowest BCUT2D eigenvalue weighted by atomic mass is 9.49. The first-order valence-electron chi connectivity index (χ1n) is 12.8. The highest BCUT2D eigenvalue weighted by molar-refractivity contribution is 5.89. The van der Waals surface area contributed by atoms with Crippen LogP contribution in [0.4, 0.5) is 0 Å². The fourth-order valence-electron chi connectivity index (χ4n) is 6.96. The van der Waals surface area contributed by atoms with Crippen LogP contribution in [0.2, 0.25) is 0 Å². The predicted molar refractivity (Wildman–Crippen MR) is 130 cm³/mol. The molecule has 0 aromatic heterocycles. The monoisotopic (exact) mass is 516 g/mol. The molecule has 2 bridgehead atoms. The topological polar surface area (TPSA) is 114 Å². The summed E-state index contributed by atoms with van der Waals surface area (Å²) >= 11 is 0. The number of benzene rings is 1. The minimum atomic E-state index is -1.32. The van der Waals surface area contributed by atoms with Crippen molar-refractivity contribution in [3.05, 3.63) is 35.9 Å². The second kappa shape index (κ2) is 9.74. The number of esters is 4. The van der Waals surface area contributed by atoms with Crippen LogP contribution in [-0.2, 0) is 38.1 Å². The highest BCUT2D eigenvalue weighted by Gasteiger charge is 2.79. The van der Waals surface area contributed by atoms with Crippen molar-refractivity contribution in [3.8, 4) is 0 Å². The van der Waals surface area contributed by atoms with Gasteiger partial charge in [-0.05, 0) is 51.2 Å². The fraction of sp³-hybridized carbons (Fsp3) is 0.643. The molecule has 2 aliphatic carbocycles. The van der Waals surface area contributed by atoms with Crippen molar-refractivity contribution < 1.29 is 42.9 Å². The number of carbonyl (C=O) groups is 4. The van der Waals surface area contributed by atoms with Gasteiger partial charge in [0.2, 0.25) is 0 Å². The van der Waals surface area contributed by atoms with Crippen LogP contribution in [0.5, 0.6) is 0 Å². The normalized spacial score (nSPS) is 35.6. The van der Waals surface area contributed by atoms with Crippen molar-refractivity contribution >= 4 is 23.9 Å². The van der Waals surface area contributed by atoms with Gasteiger partial charge >= 0.3 is 23.9 Å². The van der Waals surface area contributed by atoms with Crippen molar-refractivity contribution in [1.29, 1.82) is 0 Å². The molecule has 0 amide bonds. The maximum Gasteiger partial charge on any atom is 0.338 e. The molecule has 1 heterocycles. The highest BCUT2D eigenvalue weighted by atomic mass is 16.6. The van der Waals surface area contributed by atoms with Crippen molar-refractivity contribution in [1.82, 2.24) is 0 Å². The van der Waals surface area contributed by atoms with Gasteiger partial charge < -0.3 is 23.7 Å². The van der Waals surface area contributed by atoms with E-state index in [4.69, 9.17) is 23.7 Å². The average Bonchev–Trinajstić information content (AvgIpc) is 3.08. The van der Waals surface area contributed by atoms with E-state index in [0.717, 1.165) is 0 Å². The van der Waals surface area contributed by atoms with E-state index in [-0.39, 0.29) is 18.4 Å². The first kappa shape index (κ1) is 27.1. The predicted octanol–water partition coefficient (Wildman–Crippen LogP) is 3.62. The molecule has 1 aromatic rings. The smallest absolute Gasteiger partial charge is 0.338 e. The molecule has 4 rings (SSSR count). The summed E-state index contributed by atoms with van der Waals surface area (Å²) in [7, 11) is 0. The Morgan fingerprint density at radius 3 is 2.16 bits per heavy atom. The van der Waals surface area contributed by atoms with Gasteiger partial charge in [0.1, 0.15) is 24.2 Å². The van der Waals surface area contributed by atoms with Crippen LogP contribution in [0.15, 0.2) is 30.3 Å². The van der Waals surface area contributed by atoms with Crippen LogP contribution in [0.25, 0.3) is 0 Å². The molecule has 1 saturated heterocycles. The van der Waals surface area contributed by atoms with Crippen molar-refractivity contribution in [2.75, 3.05) is 6.61 Å². The lowest BCUT2D eigenvalue weighted by molar-refractivity contribution is -0.288. The Hall–Kier alpha value is -2.94. The van der Waals surface area contributed by atoms with Gasteiger partial charge in [-0.3, -0.25) is 14.4 Å². The van der Waals surface area contributed by atoms with Crippen LogP contribution < -0.4 is 0 Å². The zero-order valence-electron chi connectivity index (χ0n) is 22.3. The fourth-order valence-corrected chi connectivity index (χ4v) is 6.96. The van der Waals surface area contributed by atoms with Gasteiger partial charge in [-0.25, -0.2) is 4.79 Å². The molecule has 1 aliphatic heterocycles. The molecule has 9 nitrogen and oxygen atoms in total. The Balaban J connectivity index is 1.95. The molecule has 2 saturated carbocycles. The summed E-state index contributed by atoms with van der Waals surface area (Å²) in [5.74, 6) is -2.62. The van der Waals surface area contributed by atoms with Crippen LogP contribution in [-0.4, -0.2) is 60.0 Å². The minimum absolute atomic E-state index is 0.0599. The lowest BCUT2D eigenvalue weighted by Crippen LogP contribution is -2.74. The van der Waals surface area contributed by atoms with Crippen molar-refractivity contribution in [2.45, 2.75) is 90.3 Å². The number of carbonyl (C=O) groups excluding carboxylic acids is 4. The van der Waals surface area contributed by atoms with Crippen LogP contribution >= 0.6 is 0 Å². The van der Waals surface area contributed by atoms with Gasteiger partial charge in [0.05, 0.1) is 16.8 Å². The third-order valence-electron chi connectivity index (χ3n) is 8.45. The molecule has 1 aromatic carbocycles. The summed E-state index contributed by atoms with van der Waals surface area (Å²) in [5, 5.41) is 0. The maximum atomic E-state index is 13.5. The second-order valence-electron chi connectivity index (χ2n) is 11.1. The number of ether oxygens (including phenoxy) is 5. The number of rotatable bonds is 6. The molecule has 9 heteroatoms. The number of hydrogen-bond donors (Lipinski definition) is 0. The standard InChI is InChI=1S/C28H36O9/c1-16-12-13-22(34-18(3)30)27(15-33-17(2)29)24(36-25(32)20-10-8-7-9-11-20)23(35-19(4)31)21-14-28(16,27)37-26(21,5)6/h7-11,16,21-24H,12-15H2,1-6H3/t16-,21+,22-,23+,24-,27-,28+/m1/s1. The molecule has 7 atom stereocenters. The van der Waals surface area contributed by atoms with Gasteiger partial charge in [-0.15, -0.1) is 0 Å². The molecule has 0 N–H and O–H groups in total. The maximum absolute atomic E-state index is 13.5. The summed E-state index contributed by atoms with van der Waals surface area (Å²) in [6.07, 6.45) is -1.28. The Morgan fingerprint density at radius 1 is 0.919 bits per heavy atom. The van der Waals surface area contributed by atoms with E-state index >= 15 is 0 Å². The molecule has 0 unspecified atom stereocenters. The third-order valence-corrected chi connectivity index (χ3v) is 8.45. The highest BCUT2D eigenvalue weighted by Crippen LogP contribution is 2.67. The van der Waals surface area contributed by atoms with Crippen LogP contribution in [0.3, 0.4) is 0 Å². The quantitative estimate of drug-likeness (QED) is 0.413. The summed E-state index contributed by atoms with van der Waals surface area (Å²) in [6.45, 7) is 9.55. The summed E-state index contributed by atoms with van der Waals surface area (Å²) in [4.78, 5) is 50.3. The van der Waals surface area contributed by atoms with Gasteiger partial charge in [0.25, 0.3) is 0 Å². The molecule has 202 valence electrons. The minimum Gasteiger partial charge on any atom is -0.465 e. The van der Waals surface area contributed by atoms with E-state index in [1.165, 1.54) is 20.8 Å². The van der Waals surface area contributed by atoms with Crippen LogP contribution in [0.1, 0.15) is 71.2 Å². The molecule has 37 heavy (non-hydrogen) atoms. The van der Waals surface area contributed by atoms with E-state index in [0.29, 0.717) is 24.8 Å². The zero-order chi connectivity index (χ0) is 27.2. The van der Waals surface area contributed by atoms with E-state index in [1.54, 1.807) is 30.3 Å². The summed E-state index contributed by atoms with van der Waals surface area (Å²) < 4.78 is 30.6. The van der Waals surface area contributed by atoms with Gasteiger partial charge in [0.15, 0.2) is 6.10 Å². The first-order chi connectivity index (χ1) is 17.3. The molecule has 1 spiro atoms. The van der Waals surface area contributed by atoms with E-state index in [9.17, 15) is 19.2 Å². The molecule has 0 radical (unpaired) electrons. The molecular weight excluding hydrogens is 480 g/mol. The van der Waals surface area contributed by atoms with Crippen LogP contribution in [0, 0.1) is 17.3 Å². The lowest BCUT2D eigenvalue weighted by Gasteiger charge is -2.61. The summed E-state index contributed by atoms with van der Waals surface area (Å²) in [5.41, 5.74) is -2.77. The molecular formula is C28H36O9. The Labute approximate surface area is 217 Å². The number of hydrogen-bond acceptors (Lipinski definition) is 9. The second-order valence-corrected chi connectivity index (χ2v) is 11.1. The number of fused-ring (bicyclic) bond motifs is 1. The van der Waals surface area contributed by atoms with Crippen molar-refractivity contribution in [3.63, 3.8) is 0 Å². The largest absolute Gasteiger partial charge is 0.465 e. The van der Waals surface area contributed by atoms with E-state index in [1.807, 2.05) is 20.8 Å². The molecule has 3 fully saturated rings. The first-order valence-corrected chi connectivity index (χ1v) is 12.8. The van der Waals surface area contributed by atoms with Gasteiger partial charge in [-0.2, -0.15) is 0 Å². The Morgan fingerprint density at radius 2 is 1.57 bits per heavy atom. The SMILES string of the molecule is CC(=O)OC[C@@]12[C@H](OC(=O)c3ccccc3)[C@@H](OC(C)=O)[C@@H]3C[C@]1(OC3(C)C)[C@H](C)CC[C@H]2OC(C)=O. The van der Waals surface area contributed by atoms with Gasteiger partial charge in [0, 0.05) is 26.7 Å². The Kier molecular flexibility index (Phi) is 7.14. The van der Waals surface area contributed by atoms with E-state index in [2.05, 4.69) is 0 Å². The zero-order valence-corrected chi connectivity index (χ0v) is 22.3. The molecule has 3 aliphatic rings. The van der Waals surface area contributed by atoms with E-state index < -0.39 is 58.8 Å². The summed E-state index contributed by atoms with van der Waals surface area (Å²) in [6, 6.07) is 8.48. The van der Waals surface area contributed by atoms with Gasteiger partial charge in [-0.1, -0.05) is 25.1 Å².